The van der Waals surface area contributed by atoms with Crippen molar-refractivity contribution in [3.63, 3.8) is 0 Å². The molecule has 208 valence electrons. The maximum atomic E-state index is 6.35. The molecule has 1 heterocycles. The minimum Gasteiger partial charge on any atom is -0.436 e. The topological polar surface area (TPSA) is 38.4 Å². The summed E-state index contributed by atoms with van der Waals surface area (Å²) < 4.78 is 6.35. The van der Waals surface area contributed by atoms with E-state index in [-0.39, 0.29) is 5.41 Å². The lowest BCUT2D eigenvalue weighted by molar-refractivity contribution is 0.590. The lowest BCUT2D eigenvalue weighted by Gasteiger charge is -2.19. The molecule has 0 radical (unpaired) electrons. The van der Waals surface area contributed by atoms with Gasteiger partial charge in [-0.05, 0) is 80.4 Å². The molecule has 0 spiro atoms. The number of benzene rings is 6. The molecule has 0 aliphatic heterocycles. The van der Waals surface area contributed by atoms with Crippen LogP contribution < -0.4 is 0 Å². The smallest absolute Gasteiger partial charge is 0.229 e. The number of fused-ring (bicyclic) bond motifs is 2. The molecular weight excluding hydrogens is 524 g/mol. The maximum absolute atomic E-state index is 6.35. The fourth-order valence-corrected chi connectivity index (χ4v) is 5.53. The van der Waals surface area contributed by atoms with Crippen molar-refractivity contribution in [3.05, 3.63) is 145 Å². The van der Waals surface area contributed by atoms with E-state index < -0.39 is 0 Å². The first kappa shape index (κ1) is 26.6. The summed E-state index contributed by atoms with van der Waals surface area (Å²) in [5.74, 6) is 0.560. The molecule has 0 fully saturated rings. The van der Waals surface area contributed by atoms with Gasteiger partial charge in [-0.25, -0.2) is 4.98 Å². The third-order valence-corrected chi connectivity index (χ3v) is 7.92. The van der Waals surface area contributed by atoms with Gasteiger partial charge in [-0.3, -0.25) is 4.99 Å². The Morgan fingerprint density at radius 1 is 0.605 bits per heavy atom. The molecule has 0 aliphatic rings. The van der Waals surface area contributed by atoms with Gasteiger partial charge in [-0.1, -0.05) is 118 Å². The van der Waals surface area contributed by atoms with Crippen molar-refractivity contribution in [3.8, 4) is 33.7 Å². The van der Waals surface area contributed by atoms with Crippen molar-refractivity contribution in [2.24, 2.45) is 4.99 Å². The van der Waals surface area contributed by atoms with E-state index in [0.29, 0.717) is 5.89 Å². The lowest BCUT2D eigenvalue weighted by atomic mass is 9.86. The van der Waals surface area contributed by atoms with E-state index in [9.17, 15) is 0 Å². The summed E-state index contributed by atoms with van der Waals surface area (Å²) in [6, 6.07) is 46.4. The first-order chi connectivity index (χ1) is 20.9. The van der Waals surface area contributed by atoms with Gasteiger partial charge in [0.2, 0.25) is 5.89 Å². The Balaban J connectivity index is 1.25. The van der Waals surface area contributed by atoms with Crippen molar-refractivity contribution in [1.29, 1.82) is 0 Å². The highest BCUT2D eigenvalue weighted by Gasteiger charge is 2.16. The van der Waals surface area contributed by atoms with Gasteiger partial charge in [-0.15, -0.1) is 0 Å². The van der Waals surface area contributed by atoms with Crippen LogP contribution in [0.5, 0.6) is 0 Å². The zero-order valence-corrected chi connectivity index (χ0v) is 24.6. The third-order valence-electron chi connectivity index (χ3n) is 7.92. The van der Waals surface area contributed by atoms with E-state index in [0.717, 1.165) is 39.0 Å². The molecule has 43 heavy (non-hydrogen) atoms. The second-order valence-electron chi connectivity index (χ2n) is 12.0. The van der Waals surface area contributed by atoms with Gasteiger partial charge in [-0.2, -0.15) is 0 Å². The molecule has 7 aromatic rings. The first-order valence-electron chi connectivity index (χ1n) is 14.7. The van der Waals surface area contributed by atoms with Gasteiger partial charge in [0.25, 0.3) is 0 Å². The first-order valence-corrected chi connectivity index (χ1v) is 14.7. The highest BCUT2D eigenvalue weighted by atomic mass is 16.3. The van der Waals surface area contributed by atoms with Crippen LogP contribution in [0, 0.1) is 0 Å². The molecule has 0 bridgehead atoms. The standard InChI is InChI=1S/C40H32N2O/c1-40(2,3)33-16-8-11-27(23-33)26-41-36-19-7-6-17-35(36)39-42-38-34(18-10-20-37(38)43-39)32-15-9-14-30(25-32)31-22-21-28-12-4-5-13-29(28)24-31/h4-26H,1-3H3. The Morgan fingerprint density at radius 2 is 1.33 bits per heavy atom. The van der Waals surface area contributed by atoms with Crippen molar-refractivity contribution in [2.75, 3.05) is 0 Å². The third kappa shape index (κ3) is 5.38. The Labute approximate surface area is 252 Å². The minimum absolute atomic E-state index is 0.0760. The molecule has 0 unspecified atom stereocenters. The zero-order chi connectivity index (χ0) is 29.4. The molecule has 3 heteroatoms. The molecule has 6 aromatic carbocycles. The van der Waals surface area contributed by atoms with E-state index in [2.05, 4.69) is 118 Å². The molecule has 0 saturated carbocycles. The monoisotopic (exact) mass is 556 g/mol. The minimum atomic E-state index is 0.0760. The molecule has 0 amide bonds. The summed E-state index contributed by atoms with van der Waals surface area (Å²) in [6.07, 6.45) is 1.92. The average Bonchev–Trinajstić information content (AvgIpc) is 3.48. The second-order valence-corrected chi connectivity index (χ2v) is 12.0. The van der Waals surface area contributed by atoms with Crippen molar-refractivity contribution in [1.82, 2.24) is 4.98 Å². The fraction of sp³-hybridized carbons (Fsp3) is 0.100. The highest BCUT2D eigenvalue weighted by molar-refractivity contribution is 5.94. The quantitative estimate of drug-likeness (QED) is 0.198. The van der Waals surface area contributed by atoms with Gasteiger partial charge in [0.15, 0.2) is 5.58 Å². The Kier molecular flexibility index (Phi) is 6.71. The summed E-state index contributed by atoms with van der Waals surface area (Å²) in [5, 5.41) is 2.47. The van der Waals surface area contributed by atoms with E-state index in [1.54, 1.807) is 0 Å². The zero-order valence-electron chi connectivity index (χ0n) is 24.6. The molecule has 1 aromatic heterocycles. The van der Waals surface area contributed by atoms with Crippen LogP contribution in [0.4, 0.5) is 5.69 Å². The van der Waals surface area contributed by atoms with Crippen LogP contribution in [0.3, 0.4) is 0 Å². The predicted octanol–water partition coefficient (Wildman–Crippen LogP) is 11.0. The molecule has 0 saturated heterocycles. The number of rotatable bonds is 5. The largest absolute Gasteiger partial charge is 0.436 e. The summed E-state index contributed by atoms with van der Waals surface area (Å²) in [4.78, 5) is 9.89. The van der Waals surface area contributed by atoms with E-state index in [1.807, 2.05) is 42.6 Å². The summed E-state index contributed by atoms with van der Waals surface area (Å²) >= 11 is 0. The van der Waals surface area contributed by atoms with Crippen LogP contribution in [0.15, 0.2) is 143 Å². The summed E-state index contributed by atoms with van der Waals surface area (Å²) in [7, 11) is 0. The van der Waals surface area contributed by atoms with Gasteiger partial charge in [0, 0.05) is 11.8 Å². The normalized spacial score (nSPS) is 12.0. The molecular formula is C40H32N2O. The van der Waals surface area contributed by atoms with Crippen LogP contribution in [0.2, 0.25) is 0 Å². The van der Waals surface area contributed by atoms with Gasteiger partial charge < -0.3 is 4.42 Å². The number of hydrogen-bond acceptors (Lipinski definition) is 3. The van der Waals surface area contributed by atoms with Crippen LogP contribution >= 0.6 is 0 Å². The van der Waals surface area contributed by atoms with Crippen molar-refractivity contribution < 1.29 is 4.42 Å². The lowest BCUT2D eigenvalue weighted by Crippen LogP contribution is -2.11. The van der Waals surface area contributed by atoms with Crippen LogP contribution in [0.25, 0.3) is 55.6 Å². The number of nitrogens with zero attached hydrogens (tertiary/aromatic N) is 2. The molecule has 0 atom stereocenters. The fourth-order valence-electron chi connectivity index (χ4n) is 5.53. The Morgan fingerprint density at radius 3 is 2.21 bits per heavy atom. The van der Waals surface area contributed by atoms with Crippen LogP contribution in [0.1, 0.15) is 31.9 Å². The Bertz CT molecular complexity index is 2130. The van der Waals surface area contributed by atoms with Crippen molar-refractivity contribution >= 4 is 33.8 Å². The number of hydrogen-bond donors (Lipinski definition) is 0. The van der Waals surface area contributed by atoms with Crippen molar-refractivity contribution in [2.45, 2.75) is 26.2 Å². The maximum Gasteiger partial charge on any atom is 0.229 e. The SMILES string of the molecule is CC(C)(C)c1cccc(C=Nc2ccccc2-c2nc3c(-c4cccc(-c5ccc6ccccc6c5)c4)cccc3o2)c1. The summed E-state index contributed by atoms with van der Waals surface area (Å²) in [5.41, 5.74) is 10.2. The second kappa shape index (κ2) is 10.8. The van der Waals surface area contributed by atoms with Gasteiger partial charge in [0.05, 0.1) is 11.3 Å². The summed E-state index contributed by atoms with van der Waals surface area (Å²) in [6.45, 7) is 6.67. The molecule has 0 N–H and O–H groups in total. The Hall–Kier alpha value is -5.28. The van der Waals surface area contributed by atoms with Gasteiger partial charge >= 0.3 is 0 Å². The van der Waals surface area contributed by atoms with Crippen LogP contribution in [-0.4, -0.2) is 11.2 Å². The van der Waals surface area contributed by atoms with E-state index >= 15 is 0 Å². The highest BCUT2D eigenvalue weighted by Crippen LogP contribution is 2.37. The number of para-hydroxylation sites is 2. The van der Waals surface area contributed by atoms with Gasteiger partial charge in [0.1, 0.15) is 5.52 Å². The average molecular weight is 557 g/mol. The van der Waals surface area contributed by atoms with E-state index in [4.69, 9.17) is 14.4 Å². The molecule has 3 nitrogen and oxygen atoms in total. The number of aliphatic imine (C=N–C) groups is 1. The van der Waals surface area contributed by atoms with E-state index in [1.165, 1.54) is 27.5 Å². The number of aromatic nitrogens is 1. The predicted molar refractivity (Wildman–Crippen MR) is 180 cm³/mol. The van der Waals surface area contributed by atoms with Crippen LogP contribution in [-0.2, 0) is 5.41 Å². The molecule has 7 rings (SSSR count). The molecule has 0 aliphatic carbocycles. The number of oxazole rings is 1.